The largest absolute Gasteiger partial charge is 0.494 e. The van der Waals surface area contributed by atoms with Crippen LogP contribution in [0.25, 0.3) is 10.8 Å². The number of carbonyl (C=O) groups is 1. The number of fused-ring (bicyclic) bond motifs is 2. The average Bonchev–Trinajstić information content (AvgIpc) is 2.98. The van der Waals surface area contributed by atoms with Crippen LogP contribution < -0.4 is 10.1 Å². The zero-order valence-electron chi connectivity index (χ0n) is 14.1. The Morgan fingerprint density at radius 1 is 1.17 bits per heavy atom. The topological polar surface area (TPSA) is 41.6 Å². The van der Waals surface area contributed by atoms with Gasteiger partial charge in [-0.05, 0) is 35.6 Å². The number of nitrogens with one attached hydrogen (secondary N) is 1. The molecule has 0 aliphatic carbocycles. The van der Waals surface area contributed by atoms with Gasteiger partial charge in [-0.1, -0.05) is 30.3 Å². The Kier molecular flexibility index (Phi) is 4.15. The van der Waals surface area contributed by atoms with Crippen LogP contribution in [0.15, 0.2) is 36.4 Å². The summed E-state index contributed by atoms with van der Waals surface area (Å²) >= 11 is 0. The molecule has 4 rings (SSSR count). The van der Waals surface area contributed by atoms with E-state index in [-0.39, 0.29) is 5.91 Å². The Bertz CT molecular complexity index is 758. The molecule has 1 amide bonds. The van der Waals surface area contributed by atoms with Crippen LogP contribution in [0.5, 0.6) is 5.75 Å². The number of nitrogens with zero attached hydrogens (tertiary/aromatic N) is 1. The first-order valence-corrected chi connectivity index (χ1v) is 8.87. The van der Waals surface area contributed by atoms with E-state index in [1.54, 1.807) is 0 Å². The summed E-state index contributed by atoms with van der Waals surface area (Å²) in [6, 6.07) is 12.7. The number of benzene rings is 2. The molecule has 0 unspecified atom stereocenters. The van der Waals surface area contributed by atoms with Crippen LogP contribution in [-0.2, 0) is 11.3 Å². The molecule has 4 heteroatoms. The van der Waals surface area contributed by atoms with Crippen molar-refractivity contribution in [2.45, 2.75) is 19.9 Å². The summed E-state index contributed by atoms with van der Waals surface area (Å²) in [6.07, 6.45) is 0.676. The summed E-state index contributed by atoms with van der Waals surface area (Å²) in [5, 5.41) is 5.53. The molecule has 24 heavy (non-hydrogen) atoms. The van der Waals surface area contributed by atoms with Crippen molar-refractivity contribution in [2.24, 2.45) is 11.8 Å². The maximum Gasteiger partial charge on any atom is 0.220 e. The number of carbonyl (C=O) groups excluding carboxylic acids is 1. The van der Waals surface area contributed by atoms with Crippen LogP contribution in [0.4, 0.5) is 0 Å². The van der Waals surface area contributed by atoms with Crippen molar-refractivity contribution in [2.75, 3.05) is 26.2 Å². The maximum atomic E-state index is 11.6. The molecule has 0 aromatic heterocycles. The van der Waals surface area contributed by atoms with Gasteiger partial charge in [0.05, 0.1) is 6.61 Å². The van der Waals surface area contributed by atoms with Crippen molar-refractivity contribution in [3.63, 3.8) is 0 Å². The minimum absolute atomic E-state index is 0.207. The Balaban J connectivity index is 1.62. The van der Waals surface area contributed by atoms with E-state index in [9.17, 15) is 4.79 Å². The fourth-order valence-electron chi connectivity index (χ4n) is 4.18. The molecular weight excluding hydrogens is 300 g/mol. The molecule has 0 saturated carbocycles. The number of ether oxygens (including phenoxy) is 1. The first-order chi connectivity index (χ1) is 11.7. The van der Waals surface area contributed by atoms with E-state index < -0.39 is 0 Å². The minimum Gasteiger partial charge on any atom is -0.494 e. The van der Waals surface area contributed by atoms with Crippen LogP contribution in [0, 0.1) is 11.8 Å². The van der Waals surface area contributed by atoms with Crippen molar-refractivity contribution in [1.29, 1.82) is 0 Å². The van der Waals surface area contributed by atoms with E-state index >= 15 is 0 Å². The lowest BCUT2D eigenvalue weighted by molar-refractivity contribution is -0.124. The number of likely N-dealkylation sites (tertiary alicyclic amines) is 1. The van der Waals surface area contributed by atoms with Crippen molar-refractivity contribution in [1.82, 2.24) is 10.2 Å². The monoisotopic (exact) mass is 324 g/mol. The van der Waals surface area contributed by atoms with E-state index in [0.29, 0.717) is 24.9 Å². The van der Waals surface area contributed by atoms with Crippen molar-refractivity contribution < 1.29 is 9.53 Å². The Hall–Kier alpha value is -2.07. The third kappa shape index (κ3) is 2.86. The molecule has 4 nitrogen and oxygen atoms in total. The molecule has 0 spiro atoms. The summed E-state index contributed by atoms with van der Waals surface area (Å²) in [5.74, 6) is 2.29. The molecular formula is C20H24N2O2. The smallest absolute Gasteiger partial charge is 0.220 e. The zero-order valence-corrected chi connectivity index (χ0v) is 14.1. The highest BCUT2D eigenvalue weighted by molar-refractivity contribution is 5.87. The standard InChI is InChI=1S/C20H24N2O2/c1-2-24-19-8-7-14-5-3-4-6-17(14)18(19)13-22-11-15-9-20(23)21-10-16(15)12-22/h3-8,15-16H,2,9-13H2,1H3,(H,21,23)/t15-,16+/m1/s1. The highest BCUT2D eigenvalue weighted by atomic mass is 16.5. The van der Waals surface area contributed by atoms with Crippen molar-refractivity contribution in [3.05, 3.63) is 42.0 Å². The van der Waals surface area contributed by atoms with E-state index in [2.05, 4.69) is 46.6 Å². The third-order valence-electron chi connectivity index (χ3n) is 5.34. The van der Waals surface area contributed by atoms with Gasteiger partial charge in [0.2, 0.25) is 5.91 Å². The van der Waals surface area contributed by atoms with Gasteiger partial charge in [-0.2, -0.15) is 0 Å². The second-order valence-electron chi connectivity index (χ2n) is 6.92. The second-order valence-corrected chi connectivity index (χ2v) is 6.92. The lowest BCUT2D eigenvalue weighted by Crippen LogP contribution is -2.39. The quantitative estimate of drug-likeness (QED) is 0.940. The van der Waals surface area contributed by atoms with Crippen molar-refractivity contribution >= 4 is 16.7 Å². The fraction of sp³-hybridized carbons (Fsp3) is 0.450. The summed E-state index contributed by atoms with van der Waals surface area (Å²) in [5.41, 5.74) is 1.27. The molecule has 2 atom stereocenters. The number of piperidine rings is 1. The van der Waals surface area contributed by atoms with Gasteiger partial charge in [0.1, 0.15) is 5.75 Å². The Morgan fingerprint density at radius 2 is 2.00 bits per heavy atom. The first kappa shape index (κ1) is 15.5. The van der Waals surface area contributed by atoms with Crippen LogP contribution in [0.3, 0.4) is 0 Å². The molecule has 1 N–H and O–H groups in total. The summed E-state index contributed by atoms with van der Waals surface area (Å²) < 4.78 is 5.90. The van der Waals surface area contributed by atoms with Crippen LogP contribution in [-0.4, -0.2) is 37.0 Å². The molecule has 126 valence electrons. The summed E-state index contributed by atoms with van der Waals surface area (Å²) in [7, 11) is 0. The number of hydrogen-bond donors (Lipinski definition) is 1. The highest BCUT2D eigenvalue weighted by Crippen LogP contribution is 2.34. The SMILES string of the molecule is CCOc1ccc2ccccc2c1CN1C[C@H]2CC(=O)NC[C@H]2C1. The minimum atomic E-state index is 0.207. The summed E-state index contributed by atoms with van der Waals surface area (Å²) in [6.45, 7) is 6.48. The highest BCUT2D eigenvalue weighted by Gasteiger charge is 2.37. The van der Waals surface area contributed by atoms with Crippen LogP contribution >= 0.6 is 0 Å². The summed E-state index contributed by atoms with van der Waals surface area (Å²) in [4.78, 5) is 14.1. The number of rotatable bonds is 4. The van der Waals surface area contributed by atoms with Gasteiger partial charge in [0.15, 0.2) is 0 Å². The Labute approximate surface area is 142 Å². The molecule has 2 aliphatic rings. The normalized spacial score (nSPS) is 24.0. The van der Waals surface area contributed by atoms with Gasteiger partial charge in [-0.25, -0.2) is 0 Å². The van der Waals surface area contributed by atoms with Gasteiger partial charge in [0.25, 0.3) is 0 Å². The second kappa shape index (κ2) is 6.44. The number of amides is 1. The van der Waals surface area contributed by atoms with E-state index in [1.807, 2.05) is 6.92 Å². The number of hydrogen-bond acceptors (Lipinski definition) is 3. The average molecular weight is 324 g/mol. The molecule has 2 heterocycles. The first-order valence-electron chi connectivity index (χ1n) is 8.87. The van der Waals surface area contributed by atoms with E-state index in [4.69, 9.17) is 4.74 Å². The molecule has 2 aromatic carbocycles. The predicted octanol–water partition coefficient (Wildman–Crippen LogP) is 2.81. The lowest BCUT2D eigenvalue weighted by Gasteiger charge is -2.23. The van der Waals surface area contributed by atoms with Gasteiger partial charge in [0, 0.05) is 38.2 Å². The van der Waals surface area contributed by atoms with Gasteiger partial charge < -0.3 is 10.1 Å². The van der Waals surface area contributed by atoms with Gasteiger partial charge in [-0.3, -0.25) is 9.69 Å². The van der Waals surface area contributed by atoms with Gasteiger partial charge in [-0.15, -0.1) is 0 Å². The molecule has 2 saturated heterocycles. The van der Waals surface area contributed by atoms with Crippen molar-refractivity contribution in [3.8, 4) is 5.75 Å². The molecule has 2 fully saturated rings. The molecule has 0 radical (unpaired) electrons. The zero-order chi connectivity index (χ0) is 16.5. The van der Waals surface area contributed by atoms with Crippen LogP contribution in [0.1, 0.15) is 18.9 Å². The lowest BCUT2D eigenvalue weighted by atomic mass is 9.89. The maximum absolute atomic E-state index is 11.6. The third-order valence-corrected chi connectivity index (χ3v) is 5.34. The fourth-order valence-corrected chi connectivity index (χ4v) is 4.18. The predicted molar refractivity (Wildman–Crippen MR) is 95.0 cm³/mol. The van der Waals surface area contributed by atoms with Gasteiger partial charge >= 0.3 is 0 Å². The molecule has 2 aromatic rings. The van der Waals surface area contributed by atoms with E-state index in [0.717, 1.165) is 31.9 Å². The van der Waals surface area contributed by atoms with E-state index in [1.165, 1.54) is 16.3 Å². The van der Waals surface area contributed by atoms with Crippen LogP contribution in [0.2, 0.25) is 0 Å². The Morgan fingerprint density at radius 3 is 2.88 bits per heavy atom. The molecule has 0 bridgehead atoms. The molecule has 2 aliphatic heterocycles.